The van der Waals surface area contributed by atoms with Crippen LogP contribution < -0.4 is 9.47 Å². The fourth-order valence-electron chi connectivity index (χ4n) is 4.58. The third-order valence-corrected chi connectivity index (χ3v) is 6.52. The predicted molar refractivity (Wildman–Crippen MR) is 125 cm³/mol. The molecule has 2 heterocycles. The zero-order valence-electron chi connectivity index (χ0n) is 19.1. The molecule has 0 aliphatic carbocycles. The summed E-state index contributed by atoms with van der Waals surface area (Å²) in [4.78, 5) is 4.62. The van der Waals surface area contributed by atoms with Crippen molar-refractivity contribution >= 4 is 0 Å². The van der Waals surface area contributed by atoms with Crippen molar-refractivity contribution in [3.8, 4) is 11.5 Å². The number of β-amino-alcohol motifs (C(OH)–C–C–N with tert-alkyl or cyclic N) is 1. The molecule has 32 heavy (non-hydrogen) atoms. The lowest BCUT2D eigenvalue weighted by Crippen LogP contribution is -2.59. The SMILES string of the molecule is Cc1cccc(OC[C@@]2(O)CN(Cc3ccc(OCCN4CCCC4)cc3)CC[C@@H]2O)c1. The second kappa shape index (κ2) is 10.7. The molecule has 2 aliphatic rings. The highest BCUT2D eigenvalue weighted by atomic mass is 16.5. The number of benzene rings is 2. The number of aryl methyl sites for hydroxylation is 1. The molecule has 0 spiro atoms. The molecule has 2 aromatic rings. The number of aliphatic hydroxyl groups is 2. The fraction of sp³-hybridized carbons (Fsp3) is 0.538. The van der Waals surface area contributed by atoms with Crippen molar-refractivity contribution in [2.75, 3.05) is 45.9 Å². The highest BCUT2D eigenvalue weighted by Gasteiger charge is 2.42. The monoisotopic (exact) mass is 440 g/mol. The summed E-state index contributed by atoms with van der Waals surface area (Å²) in [5.41, 5.74) is 0.972. The number of hydrogen-bond donors (Lipinski definition) is 2. The summed E-state index contributed by atoms with van der Waals surface area (Å²) in [5.74, 6) is 1.60. The van der Waals surface area contributed by atoms with Crippen LogP contribution in [-0.4, -0.2) is 77.7 Å². The Kier molecular flexibility index (Phi) is 7.68. The van der Waals surface area contributed by atoms with Crippen LogP contribution in [0.25, 0.3) is 0 Å². The lowest BCUT2D eigenvalue weighted by atomic mass is 9.90. The van der Waals surface area contributed by atoms with Gasteiger partial charge in [-0.25, -0.2) is 0 Å². The third-order valence-electron chi connectivity index (χ3n) is 6.52. The van der Waals surface area contributed by atoms with Crippen molar-refractivity contribution in [3.05, 3.63) is 59.7 Å². The van der Waals surface area contributed by atoms with Crippen molar-refractivity contribution in [3.63, 3.8) is 0 Å². The molecule has 2 fully saturated rings. The van der Waals surface area contributed by atoms with Crippen molar-refractivity contribution < 1.29 is 19.7 Å². The van der Waals surface area contributed by atoms with Gasteiger partial charge in [-0.05, 0) is 74.7 Å². The molecule has 2 atom stereocenters. The molecule has 0 unspecified atom stereocenters. The minimum Gasteiger partial charge on any atom is -0.492 e. The Labute approximate surface area is 191 Å². The molecule has 6 nitrogen and oxygen atoms in total. The van der Waals surface area contributed by atoms with Gasteiger partial charge in [-0.1, -0.05) is 24.3 Å². The number of rotatable bonds is 9. The van der Waals surface area contributed by atoms with Gasteiger partial charge in [0.2, 0.25) is 0 Å². The zero-order valence-corrected chi connectivity index (χ0v) is 19.1. The van der Waals surface area contributed by atoms with E-state index in [1.165, 1.54) is 25.9 Å². The van der Waals surface area contributed by atoms with Crippen LogP contribution in [0.4, 0.5) is 0 Å². The first-order valence-electron chi connectivity index (χ1n) is 11.8. The van der Waals surface area contributed by atoms with E-state index < -0.39 is 11.7 Å². The molecular weight excluding hydrogens is 404 g/mol. The molecule has 0 amide bonds. The molecule has 2 aromatic carbocycles. The number of piperidine rings is 1. The van der Waals surface area contributed by atoms with Gasteiger partial charge in [-0.3, -0.25) is 9.80 Å². The molecule has 2 N–H and O–H groups in total. The van der Waals surface area contributed by atoms with E-state index in [9.17, 15) is 10.2 Å². The normalized spacial score (nSPS) is 24.5. The van der Waals surface area contributed by atoms with Crippen LogP contribution in [0.5, 0.6) is 11.5 Å². The van der Waals surface area contributed by atoms with Crippen molar-refractivity contribution in [1.29, 1.82) is 0 Å². The molecule has 174 valence electrons. The summed E-state index contributed by atoms with van der Waals surface area (Å²) < 4.78 is 11.7. The maximum atomic E-state index is 11.1. The Morgan fingerprint density at radius 1 is 0.969 bits per heavy atom. The van der Waals surface area contributed by atoms with E-state index in [1.807, 2.05) is 43.3 Å². The highest BCUT2D eigenvalue weighted by Crippen LogP contribution is 2.25. The fourth-order valence-corrected chi connectivity index (χ4v) is 4.58. The number of ether oxygens (including phenoxy) is 2. The zero-order chi connectivity index (χ0) is 22.4. The Morgan fingerprint density at radius 2 is 1.75 bits per heavy atom. The largest absolute Gasteiger partial charge is 0.492 e. The van der Waals surface area contributed by atoms with Crippen molar-refractivity contribution in [2.45, 2.75) is 44.4 Å². The van der Waals surface area contributed by atoms with Crippen LogP contribution in [-0.2, 0) is 6.54 Å². The number of likely N-dealkylation sites (tertiary alicyclic amines) is 2. The Bertz CT molecular complexity index is 853. The van der Waals surface area contributed by atoms with Crippen LogP contribution >= 0.6 is 0 Å². The Hall–Kier alpha value is -2.12. The van der Waals surface area contributed by atoms with Gasteiger partial charge in [-0.2, -0.15) is 0 Å². The average molecular weight is 441 g/mol. The number of hydrogen-bond acceptors (Lipinski definition) is 6. The topological polar surface area (TPSA) is 65.4 Å². The average Bonchev–Trinajstić information content (AvgIpc) is 3.30. The first-order chi connectivity index (χ1) is 15.5. The second-order valence-corrected chi connectivity index (χ2v) is 9.27. The van der Waals surface area contributed by atoms with Gasteiger partial charge in [-0.15, -0.1) is 0 Å². The van der Waals surface area contributed by atoms with Crippen LogP contribution in [0, 0.1) is 6.92 Å². The predicted octanol–water partition coefficient (Wildman–Crippen LogP) is 2.85. The van der Waals surface area contributed by atoms with Gasteiger partial charge < -0.3 is 19.7 Å². The van der Waals surface area contributed by atoms with E-state index in [0.29, 0.717) is 25.3 Å². The van der Waals surface area contributed by atoms with E-state index in [2.05, 4.69) is 21.9 Å². The molecule has 0 bridgehead atoms. The summed E-state index contributed by atoms with van der Waals surface area (Å²) >= 11 is 0. The second-order valence-electron chi connectivity index (χ2n) is 9.27. The van der Waals surface area contributed by atoms with Crippen LogP contribution in [0.15, 0.2) is 48.5 Å². The van der Waals surface area contributed by atoms with Crippen molar-refractivity contribution in [2.24, 2.45) is 0 Å². The minimum atomic E-state index is -1.29. The number of nitrogens with zero attached hydrogens (tertiary/aromatic N) is 2. The minimum absolute atomic E-state index is 0.0674. The van der Waals surface area contributed by atoms with Gasteiger partial charge in [0.25, 0.3) is 0 Å². The van der Waals surface area contributed by atoms with E-state index in [0.717, 1.165) is 36.6 Å². The summed E-state index contributed by atoms with van der Waals surface area (Å²) in [6, 6.07) is 15.9. The highest BCUT2D eigenvalue weighted by molar-refractivity contribution is 5.28. The maximum Gasteiger partial charge on any atom is 0.137 e. The van der Waals surface area contributed by atoms with E-state index >= 15 is 0 Å². The van der Waals surface area contributed by atoms with Crippen LogP contribution in [0.1, 0.15) is 30.4 Å². The van der Waals surface area contributed by atoms with E-state index in [4.69, 9.17) is 9.47 Å². The van der Waals surface area contributed by atoms with Gasteiger partial charge in [0.1, 0.15) is 30.3 Å². The summed E-state index contributed by atoms with van der Waals surface area (Å²) in [6.07, 6.45) is 2.32. The molecule has 4 rings (SSSR count). The first-order valence-corrected chi connectivity index (χ1v) is 11.8. The summed E-state index contributed by atoms with van der Waals surface area (Å²) in [7, 11) is 0. The molecule has 2 aliphatic heterocycles. The molecule has 0 radical (unpaired) electrons. The molecular formula is C26H36N2O4. The van der Waals surface area contributed by atoms with E-state index in [-0.39, 0.29) is 6.61 Å². The molecule has 2 saturated heterocycles. The smallest absolute Gasteiger partial charge is 0.137 e. The quantitative estimate of drug-likeness (QED) is 0.625. The van der Waals surface area contributed by atoms with Gasteiger partial charge >= 0.3 is 0 Å². The van der Waals surface area contributed by atoms with Crippen LogP contribution in [0.2, 0.25) is 0 Å². The third kappa shape index (κ3) is 6.23. The van der Waals surface area contributed by atoms with E-state index in [1.54, 1.807) is 0 Å². The summed E-state index contributed by atoms with van der Waals surface area (Å²) in [5, 5.41) is 21.6. The van der Waals surface area contributed by atoms with Gasteiger partial charge in [0.15, 0.2) is 0 Å². The molecule has 6 heteroatoms. The Morgan fingerprint density at radius 3 is 2.50 bits per heavy atom. The Balaban J connectivity index is 1.27. The first kappa shape index (κ1) is 23.1. The van der Waals surface area contributed by atoms with Crippen LogP contribution in [0.3, 0.4) is 0 Å². The van der Waals surface area contributed by atoms with Crippen molar-refractivity contribution in [1.82, 2.24) is 9.80 Å². The van der Waals surface area contributed by atoms with Gasteiger partial charge in [0, 0.05) is 26.2 Å². The molecule has 0 aromatic heterocycles. The van der Waals surface area contributed by atoms with Gasteiger partial charge in [0.05, 0.1) is 6.10 Å². The summed E-state index contributed by atoms with van der Waals surface area (Å²) in [6.45, 7) is 7.98. The lowest BCUT2D eigenvalue weighted by molar-refractivity contribution is -0.140. The lowest BCUT2D eigenvalue weighted by Gasteiger charge is -2.42. The standard InChI is InChI=1S/C26H36N2O4/c1-21-5-4-6-24(17-21)32-20-26(30)19-28(14-11-25(26)29)18-22-7-9-23(10-8-22)31-16-15-27-12-2-3-13-27/h4-10,17,25,29-30H,2-3,11-16,18-20H2,1H3/t25-,26-/m0/s1. The number of aliphatic hydroxyl groups excluding tert-OH is 1. The molecule has 0 saturated carbocycles. The maximum absolute atomic E-state index is 11.1.